The summed E-state index contributed by atoms with van der Waals surface area (Å²) in [7, 11) is -3.89. The maximum atomic E-state index is 13.2. The van der Waals surface area contributed by atoms with Crippen molar-refractivity contribution in [2.75, 3.05) is 4.72 Å². The SMILES string of the molecule is CC(=O)c1cccc(NS(=O)(=O)c2c(C)sc(C)c2-c2onc(C)c2C)c1. The molecule has 0 aliphatic carbocycles. The second-order valence-electron chi connectivity index (χ2n) is 6.38. The lowest BCUT2D eigenvalue weighted by molar-refractivity contribution is 0.101. The van der Waals surface area contributed by atoms with E-state index in [1.165, 1.54) is 24.3 Å². The van der Waals surface area contributed by atoms with Crippen molar-refractivity contribution >= 4 is 32.8 Å². The molecule has 2 heterocycles. The highest BCUT2D eigenvalue weighted by Gasteiger charge is 2.29. The van der Waals surface area contributed by atoms with Gasteiger partial charge in [0.15, 0.2) is 11.5 Å². The topological polar surface area (TPSA) is 89.3 Å². The van der Waals surface area contributed by atoms with Crippen LogP contribution in [0, 0.1) is 27.7 Å². The zero-order valence-electron chi connectivity index (χ0n) is 15.7. The van der Waals surface area contributed by atoms with Crippen LogP contribution in [0.1, 0.15) is 38.3 Å². The minimum Gasteiger partial charge on any atom is -0.356 e. The molecule has 0 amide bonds. The van der Waals surface area contributed by atoms with Crippen LogP contribution in [0.5, 0.6) is 0 Å². The number of nitrogens with one attached hydrogen (secondary N) is 1. The van der Waals surface area contributed by atoms with Gasteiger partial charge in [-0.2, -0.15) is 0 Å². The highest BCUT2D eigenvalue weighted by Crippen LogP contribution is 2.41. The lowest BCUT2D eigenvalue weighted by Gasteiger charge is -2.11. The molecule has 0 spiro atoms. The number of rotatable bonds is 5. The Morgan fingerprint density at radius 2 is 1.85 bits per heavy atom. The van der Waals surface area contributed by atoms with Crippen LogP contribution in [0.25, 0.3) is 11.3 Å². The molecular weight excluding hydrogens is 384 g/mol. The van der Waals surface area contributed by atoms with Crippen LogP contribution in [0.15, 0.2) is 33.7 Å². The summed E-state index contributed by atoms with van der Waals surface area (Å²) in [5, 5.41) is 3.96. The Bertz CT molecular complexity index is 1140. The van der Waals surface area contributed by atoms with E-state index >= 15 is 0 Å². The monoisotopic (exact) mass is 404 g/mol. The number of hydrogen-bond donors (Lipinski definition) is 1. The smallest absolute Gasteiger partial charge is 0.263 e. The minimum absolute atomic E-state index is 0.132. The number of Topliss-reactive ketones (excluding diaryl/α,β-unsaturated/α-hetero) is 1. The van der Waals surface area contributed by atoms with E-state index in [1.807, 2.05) is 20.8 Å². The Morgan fingerprint density at radius 3 is 2.44 bits per heavy atom. The van der Waals surface area contributed by atoms with Gasteiger partial charge in [0.1, 0.15) is 4.90 Å². The molecule has 3 rings (SSSR count). The van der Waals surface area contributed by atoms with Crippen LogP contribution in [0.3, 0.4) is 0 Å². The largest absolute Gasteiger partial charge is 0.356 e. The van der Waals surface area contributed by atoms with Crippen molar-refractivity contribution in [3.8, 4) is 11.3 Å². The van der Waals surface area contributed by atoms with Gasteiger partial charge < -0.3 is 4.52 Å². The molecule has 0 saturated heterocycles. The Morgan fingerprint density at radius 1 is 1.15 bits per heavy atom. The summed E-state index contributed by atoms with van der Waals surface area (Å²) in [6.07, 6.45) is 0. The van der Waals surface area contributed by atoms with Crippen molar-refractivity contribution in [1.82, 2.24) is 5.16 Å². The van der Waals surface area contributed by atoms with E-state index in [2.05, 4.69) is 9.88 Å². The molecule has 0 fully saturated rings. The molecule has 0 aliphatic rings. The van der Waals surface area contributed by atoms with Gasteiger partial charge in [-0.25, -0.2) is 8.42 Å². The molecule has 142 valence electrons. The fourth-order valence-corrected chi connectivity index (χ4v) is 5.81. The predicted molar refractivity (Wildman–Crippen MR) is 106 cm³/mol. The van der Waals surface area contributed by atoms with Crippen molar-refractivity contribution in [3.63, 3.8) is 0 Å². The van der Waals surface area contributed by atoms with E-state index < -0.39 is 10.0 Å². The van der Waals surface area contributed by atoms with Gasteiger partial charge in [0.25, 0.3) is 10.0 Å². The predicted octanol–water partition coefficient (Wildman–Crippen LogP) is 4.64. The Labute approximate surface area is 162 Å². The van der Waals surface area contributed by atoms with Crippen molar-refractivity contribution < 1.29 is 17.7 Å². The van der Waals surface area contributed by atoms with Crippen LogP contribution >= 0.6 is 11.3 Å². The number of aromatic nitrogens is 1. The molecular formula is C19H20N2O4S2. The number of nitrogens with zero attached hydrogens (tertiary/aromatic N) is 1. The third kappa shape index (κ3) is 3.54. The number of ketones is 1. The van der Waals surface area contributed by atoms with Crippen LogP contribution in [-0.4, -0.2) is 19.4 Å². The van der Waals surface area contributed by atoms with Gasteiger partial charge in [-0.05, 0) is 46.8 Å². The number of carbonyl (C=O) groups is 1. The number of anilines is 1. The summed E-state index contributed by atoms with van der Waals surface area (Å²) in [5.74, 6) is 0.333. The summed E-state index contributed by atoms with van der Waals surface area (Å²) in [6.45, 7) is 8.73. The van der Waals surface area contributed by atoms with E-state index in [0.29, 0.717) is 27.5 Å². The summed E-state index contributed by atoms with van der Waals surface area (Å²) in [5.41, 5.74) is 2.84. The van der Waals surface area contributed by atoms with Crippen molar-refractivity contribution in [3.05, 3.63) is 50.8 Å². The van der Waals surface area contributed by atoms with Gasteiger partial charge in [-0.3, -0.25) is 9.52 Å². The van der Waals surface area contributed by atoms with Gasteiger partial charge >= 0.3 is 0 Å². The van der Waals surface area contributed by atoms with Crippen LogP contribution in [0.4, 0.5) is 5.69 Å². The molecule has 6 nitrogen and oxygen atoms in total. The van der Waals surface area contributed by atoms with Crippen LogP contribution in [0.2, 0.25) is 0 Å². The maximum absolute atomic E-state index is 13.2. The molecule has 0 saturated carbocycles. The molecule has 2 aromatic heterocycles. The number of hydrogen-bond acceptors (Lipinski definition) is 6. The average molecular weight is 405 g/mol. The molecule has 0 radical (unpaired) electrons. The summed E-state index contributed by atoms with van der Waals surface area (Å²) in [6, 6.07) is 6.43. The zero-order valence-corrected chi connectivity index (χ0v) is 17.3. The first-order valence-electron chi connectivity index (χ1n) is 8.29. The molecule has 27 heavy (non-hydrogen) atoms. The van der Waals surface area contributed by atoms with Crippen LogP contribution in [-0.2, 0) is 10.0 Å². The molecule has 3 aromatic rings. The third-order valence-electron chi connectivity index (χ3n) is 4.38. The summed E-state index contributed by atoms with van der Waals surface area (Å²) in [4.78, 5) is 13.2. The highest BCUT2D eigenvalue weighted by atomic mass is 32.2. The number of sulfonamides is 1. The molecule has 1 aromatic carbocycles. The van der Waals surface area contributed by atoms with Gasteiger partial charge in [-0.15, -0.1) is 11.3 Å². The van der Waals surface area contributed by atoms with Crippen molar-refractivity contribution in [2.24, 2.45) is 0 Å². The van der Waals surface area contributed by atoms with E-state index in [4.69, 9.17) is 4.52 Å². The molecule has 0 bridgehead atoms. The number of aryl methyl sites for hydroxylation is 3. The third-order valence-corrected chi connectivity index (χ3v) is 7.08. The van der Waals surface area contributed by atoms with Gasteiger partial charge in [-0.1, -0.05) is 17.3 Å². The number of benzene rings is 1. The molecule has 8 heteroatoms. The number of carbonyl (C=O) groups excluding carboxylic acids is 1. The minimum atomic E-state index is -3.89. The standard InChI is InChI=1S/C19H20N2O4S2/c1-10-11(2)20-25-18(10)17-13(4)26-14(5)19(17)27(23,24)21-16-8-6-7-15(9-16)12(3)22/h6-9,21H,1-5H3. The zero-order chi connectivity index (χ0) is 19.9. The molecule has 0 unspecified atom stereocenters. The molecule has 0 atom stereocenters. The van der Waals surface area contributed by atoms with Gasteiger partial charge in [0, 0.05) is 26.6 Å². The van der Waals surface area contributed by atoms with E-state index in [1.54, 1.807) is 25.1 Å². The maximum Gasteiger partial charge on any atom is 0.263 e. The summed E-state index contributed by atoms with van der Waals surface area (Å²) >= 11 is 1.39. The number of thiophene rings is 1. The van der Waals surface area contributed by atoms with Gasteiger partial charge in [0.05, 0.1) is 11.3 Å². The Balaban J connectivity index is 2.12. The van der Waals surface area contributed by atoms with E-state index in [-0.39, 0.29) is 10.7 Å². The lowest BCUT2D eigenvalue weighted by Crippen LogP contribution is -2.14. The van der Waals surface area contributed by atoms with E-state index in [9.17, 15) is 13.2 Å². The van der Waals surface area contributed by atoms with E-state index in [0.717, 1.165) is 16.1 Å². The fourth-order valence-electron chi connectivity index (χ4n) is 2.91. The first-order valence-corrected chi connectivity index (χ1v) is 10.6. The van der Waals surface area contributed by atoms with Crippen LogP contribution < -0.4 is 4.72 Å². The normalized spacial score (nSPS) is 11.6. The second kappa shape index (κ2) is 6.94. The highest BCUT2D eigenvalue weighted by molar-refractivity contribution is 7.93. The first-order chi connectivity index (χ1) is 12.6. The second-order valence-corrected chi connectivity index (χ2v) is 9.43. The fraction of sp³-hybridized carbons (Fsp3) is 0.263. The lowest BCUT2D eigenvalue weighted by atomic mass is 10.1. The quantitative estimate of drug-likeness (QED) is 0.626. The van der Waals surface area contributed by atoms with Crippen molar-refractivity contribution in [2.45, 2.75) is 39.5 Å². The van der Waals surface area contributed by atoms with Crippen molar-refractivity contribution in [1.29, 1.82) is 0 Å². The summed E-state index contributed by atoms with van der Waals surface area (Å²) < 4.78 is 34.4. The molecule has 1 N–H and O–H groups in total. The Hall–Kier alpha value is -2.45. The molecule has 0 aliphatic heterocycles. The Kier molecular flexibility index (Phi) is 4.96. The van der Waals surface area contributed by atoms with Gasteiger partial charge in [0.2, 0.25) is 0 Å². The average Bonchev–Trinajstić information content (AvgIpc) is 3.06. The first kappa shape index (κ1) is 19.3.